The second-order valence-electron chi connectivity index (χ2n) is 5.62. The first-order chi connectivity index (χ1) is 9.65. The molecule has 0 amide bonds. The van der Waals surface area contributed by atoms with Crippen LogP contribution in [0.4, 0.5) is 0 Å². The smallest absolute Gasteiger partial charge is 0.0897 e. The molecule has 3 atom stereocenters. The van der Waals surface area contributed by atoms with Gasteiger partial charge in [-0.05, 0) is 46.8 Å². The van der Waals surface area contributed by atoms with Crippen molar-refractivity contribution in [1.82, 2.24) is 5.32 Å². The van der Waals surface area contributed by atoms with Crippen LogP contribution >= 0.6 is 27.3 Å². The Labute approximate surface area is 133 Å². The predicted molar refractivity (Wildman–Crippen MR) is 87.1 cm³/mol. The summed E-state index contributed by atoms with van der Waals surface area (Å²) in [6, 6.07) is 4.14. The normalized spacial score (nSPS) is 24.8. The SMILES string of the molecule is CC1CCCCC1OCC(O)CNCc1ccc(Br)s1. The topological polar surface area (TPSA) is 41.5 Å². The van der Waals surface area contributed by atoms with E-state index < -0.39 is 6.10 Å². The summed E-state index contributed by atoms with van der Waals surface area (Å²) in [6.45, 7) is 4.07. The molecule has 114 valence electrons. The maximum Gasteiger partial charge on any atom is 0.0897 e. The van der Waals surface area contributed by atoms with Gasteiger partial charge < -0.3 is 15.2 Å². The molecule has 3 unspecified atom stereocenters. The number of hydrogen-bond donors (Lipinski definition) is 2. The Balaban J connectivity index is 1.59. The third-order valence-electron chi connectivity index (χ3n) is 3.84. The van der Waals surface area contributed by atoms with E-state index in [1.54, 1.807) is 11.3 Å². The minimum Gasteiger partial charge on any atom is -0.389 e. The Morgan fingerprint density at radius 1 is 1.45 bits per heavy atom. The molecule has 1 aliphatic rings. The zero-order valence-corrected chi connectivity index (χ0v) is 14.4. The van der Waals surface area contributed by atoms with Gasteiger partial charge in [-0.3, -0.25) is 0 Å². The van der Waals surface area contributed by atoms with E-state index in [1.165, 1.54) is 24.1 Å². The van der Waals surface area contributed by atoms with Gasteiger partial charge in [-0.2, -0.15) is 0 Å². The lowest BCUT2D eigenvalue weighted by Gasteiger charge is -2.29. The van der Waals surface area contributed by atoms with Crippen molar-refractivity contribution < 1.29 is 9.84 Å². The largest absolute Gasteiger partial charge is 0.389 e. The molecule has 1 aliphatic carbocycles. The highest BCUT2D eigenvalue weighted by molar-refractivity contribution is 9.11. The lowest BCUT2D eigenvalue weighted by Crippen LogP contribution is -2.34. The van der Waals surface area contributed by atoms with Crippen molar-refractivity contribution in [2.24, 2.45) is 5.92 Å². The van der Waals surface area contributed by atoms with Crippen molar-refractivity contribution in [3.8, 4) is 0 Å². The van der Waals surface area contributed by atoms with Crippen molar-refractivity contribution >= 4 is 27.3 Å². The van der Waals surface area contributed by atoms with Crippen LogP contribution in [0.1, 0.15) is 37.5 Å². The van der Waals surface area contributed by atoms with E-state index in [4.69, 9.17) is 4.74 Å². The number of aliphatic hydroxyl groups excluding tert-OH is 1. The van der Waals surface area contributed by atoms with Crippen molar-refractivity contribution in [2.45, 2.75) is 51.4 Å². The van der Waals surface area contributed by atoms with Gasteiger partial charge in [0.2, 0.25) is 0 Å². The van der Waals surface area contributed by atoms with Gasteiger partial charge in [0.15, 0.2) is 0 Å². The Hall–Kier alpha value is 0.0600. The predicted octanol–water partition coefficient (Wildman–Crippen LogP) is 3.56. The van der Waals surface area contributed by atoms with Crippen molar-refractivity contribution in [1.29, 1.82) is 0 Å². The fourth-order valence-electron chi connectivity index (χ4n) is 2.63. The first-order valence-electron chi connectivity index (χ1n) is 7.39. The first-order valence-corrected chi connectivity index (χ1v) is 9.00. The second kappa shape index (κ2) is 8.49. The maximum atomic E-state index is 9.96. The summed E-state index contributed by atoms with van der Waals surface area (Å²) < 4.78 is 7.01. The van der Waals surface area contributed by atoms with Gasteiger partial charge in [-0.1, -0.05) is 19.8 Å². The highest BCUT2D eigenvalue weighted by atomic mass is 79.9. The number of ether oxygens (including phenoxy) is 1. The molecule has 1 aromatic heterocycles. The highest BCUT2D eigenvalue weighted by Gasteiger charge is 2.22. The van der Waals surface area contributed by atoms with Crippen molar-refractivity contribution in [3.05, 3.63) is 20.8 Å². The van der Waals surface area contributed by atoms with Gasteiger partial charge in [0, 0.05) is 18.0 Å². The van der Waals surface area contributed by atoms with Gasteiger partial charge in [-0.15, -0.1) is 11.3 Å². The first kappa shape index (κ1) is 16.4. The van der Waals surface area contributed by atoms with Crippen LogP contribution in [0, 0.1) is 5.92 Å². The van der Waals surface area contributed by atoms with E-state index in [-0.39, 0.29) is 0 Å². The molecule has 0 bridgehead atoms. The Kier molecular flexibility index (Phi) is 6.97. The summed E-state index contributed by atoms with van der Waals surface area (Å²) >= 11 is 5.17. The summed E-state index contributed by atoms with van der Waals surface area (Å²) in [6.07, 6.45) is 4.90. The van der Waals surface area contributed by atoms with E-state index in [2.05, 4.69) is 34.2 Å². The summed E-state index contributed by atoms with van der Waals surface area (Å²) in [5, 5.41) is 13.2. The second-order valence-corrected chi connectivity index (χ2v) is 8.17. The maximum absolute atomic E-state index is 9.96. The molecule has 1 aromatic rings. The van der Waals surface area contributed by atoms with Gasteiger partial charge in [0.1, 0.15) is 0 Å². The molecular weight excluding hydrogens is 338 g/mol. The zero-order chi connectivity index (χ0) is 14.4. The van der Waals surface area contributed by atoms with Crippen LogP contribution in [0.2, 0.25) is 0 Å². The van der Waals surface area contributed by atoms with Gasteiger partial charge in [-0.25, -0.2) is 0 Å². The molecular formula is C15H24BrNO2S. The Bertz CT molecular complexity index is 399. The lowest BCUT2D eigenvalue weighted by atomic mass is 9.88. The molecule has 0 aliphatic heterocycles. The Morgan fingerprint density at radius 2 is 2.25 bits per heavy atom. The average Bonchev–Trinajstić information content (AvgIpc) is 2.83. The van der Waals surface area contributed by atoms with E-state index in [1.807, 2.05) is 6.07 Å². The van der Waals surface area contributed by atoms with Gasteiger partial charge >= 0.3 is 0 Å². The summed E-state index contributed by atoms with van der Waals surface area (Å²) in [5.74, 6) is 0.632. The molecule has 0 saturated heterocycles. The molecule has 1 fully saturated rings. The number of halogens is 1. The van der Waals surface area contributed by atoms with Crippen LogP contribution in [-0.4, -0.2) is 30.5 Å². The highest BCUT2D eigenvalue weighted by Crippen LogP contribution is 2.26. The third kappa shape index (κ3) is 5.45. The summed E-state index contributed by atoms with van der Waals surface area (Å²) in [5.41, 5.74) is 0. The van der Waals surface area contributed by atoms with Crippen LogP contribution < -0.4 is 5.32 Å². The van der Waals surface area contributed by atoms with E-state index in [9.17, 15) is 5.11 Å². The molecule has 1 saturated carbocycles. The molecule has 20 heavy (non-hydrogen) atoms. The minimum absolute atomic E-state index is 0.339. The molecule has 0 aromatic carbocycles. The fraction of sp³-hybridized carbons (Fsp3) is 0.733. The Morgan fingerprint density at radius 3 is 2.95 bits per heavy atom. The fourth-order valence-corrected chi connectivity index (χ4v) is 4.08. The van der Waals surface area contributed by atoms with Crippen molar-refractivity contribution in [2.75, 3.05) is 13.2 Å². The van der Waals surface area contributed by atoms with Crippen LogP contribution in [0.25, 0.3) is 0 Å². The number of nitrogens with one attached hydrogen (secondary N) is 1. The summed E-state index contributed by atoms with van der Waals surface area (Å²) in [4.78, 5) is 1.27. The molecule has 2 rings (SSSR count). The quantitative estimate of drug-likeness (QED) is 0.779. The molecule has 0 radical (unpaired) electrons. The number of hydrogen-bond acceptors (Lipinski definition) is 4. The van der Waals surface area contributed by atoms with E-state index in [0.29, 0.717) is 25.2 Å². The third-order valence-corrected chi connectivity index (χ3v) is 5.47. The molecule has 2 N–H and O–H groups in total. The molecule has 1 heterocycles. The summed E-state index contributed by atoms with van der Waals surface area (Å²) in [7, 11) is 0. The van der Waals surface area contributed by atoms with Gasteiger partial charge in [0.05, 0.1) is 22.6 Å². The number of aliphatic hydroxyl groups is 1. The monoisotopic (exact) mass is 361 g/mol. The minimum atomic E-state index is -0.424. The van der Waals surface area contributed by atoms with Gasteiger partial charge in [0.25, 0.3) is 0 Å². The standard InChI is InChI=1S/C15H24BrNO2S/c1-11-4-2-3-5-14(11)19-10-12(18)8-17-9-13-6-7-15(16)20-13/h6-7,11-12,14,17-18H,2-5,8-10H2,1H3. The molecule has 5 heteroatoms. The zero-order valence-electron chi connectivity index (χ0n) is 12.0. The molecule has 0 spiro atoms. The van der Waals surface area contributed by atoms with Crippen LogP contribution in [0.3, 0.4) is 0 Å². The molecule has 3 nitrogen and oxygen atoms in total. The van der Waals surface area contributed by atoms with E-state index >= 15 is 0 Å². The van der Waals surface area contributed by atoms with Crippen LogP contribution in [-0.2, 0) is 11.3 Å². The van der Waals surface area contributed by atoms with Crippen molar-refractivity contribution in [3.63, 3.8) is 0 Å². The number of rotatable bonds is 7. The average molecular weight is 362 g/mol. The van der Waals surface area contributed by atoms with Crippen LogP contribution in [0.15, 0.2) is 15.9 Å². The van der Waals surface area contributed by atoms with Crippen LogP contribution in [0.5, 0.6) is 0 Å². The van der Waals surface area contributed by atoms with E-state index in [0.717, 1.165) is 16.8 Å². The number of thiophene rings is 1. The lowest BCUT2D eigenvalue weighted by molar-refractivity contribution is -0.0451.